The van der Waals surface area contributed by atoms with E-state index in [2.05, 4.69) is 15.0 Å². The van der Waals surface area contributed by atoms with Crippen molar-refractivity contribution in [1.29, 1.82) is 0 Å². The summed E-state index contributed by atoms with van der Waals surface area (Å²) in [7, 11) is 1.69. The molecule has 1 aromatic heterocycles. The van der Waals surface area contributed by atoms with Crippen LogP contribution in [-0.2, 0) is 4.74 Å². The third-order valence-corrected chi connectivity index (χ3v) is 2.76. The number of nitrogens with zero attached hydrogens (tertiary/aromatic N) is 3. The molecule has 0 aliphatic heterocycles. The van der Waals surface area contributed by atoms with Crippen molar-refractivity contribution in [3.8, 4) is 0 Å². The fourth-order valence-corrected chi connectivity index (χ4v) is 1.72. The Morgan fingerprint density at radius 1 is 1.19 bits per heavy atom. The van der Waals surface area contributed by atoms with Crippen molar-refractivity contribution in [1.82, 2.24) is 15.0 Å². The van der Waals surface area contributed by atoms with E-state index in [0.717, 1.165) is 5.82 Å². The van der Waals surface area contributed by atoms with E-state index in [4.69, 9.17) is 10.5 Å². The van der Waals surface area contributed by atoms with Gasteiger partial charge in [-0.15, -0.1) is 0 Å². The molecule has 16 heavy (non-hydrogen) atoms. The molecule has 2 N–H and O–H groups in total. The minimum Gasteiger partial charge on any atom is -0.373 e. The molecule has 1 atom stereocenters. The van der Waals surface area contributed by atoms with Crippen LogP contribution >= 0.6 is 0 Å². The highest BCUT2D eigenvalue weighted by molar-refractivity contribution is 5.18. The Kier molecular flexibility index (Phi) is 3.05. The van der Waals surface area contributed by atoms with E-state index in [1.54, 1.807) is 7.11 Å². The van der Waals surface area contributed by atoms with Gasteiger partial charge in [0, 0.05) is 13.0 Å². The Bertz CT molecular complexity index is 376. The number of rotatable bonds is 4. The van der Waals surface area contributed by atoms with Gasteiger partial charge in [-0.25, -0.2) is 4.98 Å². The summed E-state index contributed by atoms with van der Waals surface area (Å²) in [4.78, 5) is 12.7. The van der Waals surface area contributed by atoms with Crippen LogP contribution in [0.5, 0.6) is 0 Å². The Labute approximate surface area is 95.5 Å². The van der Waals surface area contributed by atoms with Crippen LogP contribution in [0.15, 0.2) is 0 Å². The van der Waals surface area contributed by atoms with Crippen molar-refractivity contribution >= 4 is 5.95 Å². The monoisotopic (exact) mass is 222 g/mol. The number of ether oxygens (including phenoxy) is 1. The van der Waals surface area contributed by atoms with Gasteiger partial charge in [0.15, 0.2) is 5.82 Å². The predicted molar refractivity (Wildman–Crippen MR) is 60.8 cm³/mol. The molecule has 2 rings (SSSR count). The minimum absolute atomic E-state index is 0.0252. The van der Waals surface area contributed by atoms with Gasteiger partial charge in [0.25, 0.3) is 0 Å². The summed E-state index contributed by atoms with van der Waals surface area (Å²) >= 11 is 0. The molecule has 1 fully saturated rings. The maximum absolute atomic E-state index is 5.69. The van der Waals surface area contributed by atoms with E-state index in [9.17, 15) is 0 Å². The summed E-state index contributed by atoms with van der Waals surface area (Å²) < 4.78 is 5.44. The van der Waals surface area contributed by atoms with Crippen LogP contribution < -0.4 is 5.73 Å². The third-order valence-electron chi connectivity index (χ3n) is 2.76. The quantitative estimate of drug-likeness (QED) is 0.838. The van der Waals surface area contributed by atoms with E-state index in [1.807, 2.05) is 13.8 Å². The van der Waals surface area contributed by atoms with E-state index in [-0.39, 0.29) is 18.0 Å². The zero-order valence-corrected chi connectivity index (χ0v) is 9.97. The molecular formula is C11H18N4O. The average Bonchev–Trinajstić information content (AvgIpc) is 3.02. The van der Waals surface area contributed by atoms with Gasteiger partial charge >= 0.3 is 0 Å². The van der Waals surface area contributed by atoms with Gasteiger partial charge in [-0.2, -0.15) is 9.97 Å². The second-order valence-corrected chi connectivity index (χ2v) is 4.56. The molecule has 88 valence electrons. The van der Waals surface area contributed by atoms with Gasteiger partial charge in [0.05, 0.1) is 0 Å². The Balaban J connectivity index is 2.31. The Hall–Kier alpha value is -1.23. The first-order valence-electron chi connectivity index (χ1n) is 5.66. The molecule has 0 amide bonds. The first-order chi connectivity index (χ1) is 7.61. The molecule has 1 saturated carbocycles. The number of aromatic nitrogens is 3. The highest BCUT2D eigenvalue weighted by atomic mass is 16.5. The van der Waals surface area contributed by atoms with Gasteiger partial charge in [-0.1, -0.05) is 13.8 Å². The van der Waals surface area contributed by atoms with E-state index < -0.39 is 0 Å². The van der Waals surface area contributed by atoms with Gasteiger partial charge in [-0.3, -0.25) is 0 Å². The molecule has 1 aromatic rings. The first-order valence-corrected chi connectivity index (χ1v) is 5.66. The maximum atomic E-state index is 5.69. The summed E-state index contributed by atoms with van der Waals surface area (Å²) in [6.45, 7) is 4.08. The smallest absolute Gasteiger partial charge is 0.223 e. The van der Waals surface area contributed by atoms with Crippen molar-refractivity contribution in [3.05, 3.63) is 11.6 Å². The molecule has 5 heteroatoms. The second kappa shape index (κ2) is 4.33. The zero-order valence-electron chi connectivity index (χ0n) is 9.97. The Morgan fingerprint density at radius 2 is 1.81 bits per heavy atom. The lowest BCUT2D eigenvalue weighted by molar-refractivity contribution is 0.0768. The zero-order chi connectivity index (χ0) is 11.7. The molecule has 1 unspecified atom stereocenters. The lowest BCUT2D eigenvalue weighted by atomic mass is 10.2. The normalized spacial score (nSPS) is 17.8. The molecule has 1 aliphatic carbocycles. The van der Waals surface area contributed by atoms with Gasteiger partial charge in [0.1, 0.15) is 11.9 Å². The summed E-state index contributed by atoms with van der Waals surface area (Å²) in [5.41, 5.74) is 5.69. The molecule has 0 bridgehead atoms. The van der Waals surface area contributed by atoms with Crippen molar-refractivity contribution in [2.24, 2.45) is 5.92 Å². The molecular weight excluding hydrogens is 204 g/mol. The van der Waals surface area contributed by atoms with E-state index in [1.165, 1.54) is 12.8 Å². The van der Waals surface area contributed by atoms with Crippen molar-refractivity contribution in [2.75, 3.05) is 12.8 Å². The number of methoxy groups -OCH3 is 1. The summed E-state index contributed by atoms with van der Waals surface area (Å²) in [6.07, 6.45) is 2.34. The summed E-state index contributed by atoms with van der Waals surface area (Å²) in [6, 6.07) is 0. The first kappa shape index (κ1) is 11.3. The highest BCUT2D eigenvalue weighted by Gasteiger charge is 2.34. The van der Waals surface area contributed by atoms with Crippen molar-refractivity contribution in [3.63, 3.8) is 0 Å². The number of nitrogen functional groups attached to an aromatic ring is 1. The second-order valence-electron chi connectivity index (χ2n) is 4.56. The number of anilines is 1. The van der Waals surface area contributed by atoms with Crippen molar-refractivity contribution < 1.29 is 4.74 Å². The molecule has 0 saturated heterocycles. The minimum atomic E-state index is -0.0252. The third kappa shape index (κ3) is 2.29. The molecule has 5 nitrogen and oxygen atoms in total. The van der Waals surface area contributed by atoms with Crippen LogP contribution in [-0.4, -0.2) is 22.1 Å². The van der Waals surface area contributed by atoms with Crippen LogP contribution in [0.3, 0.4) is 0 Å². The van der Waals surface area contributed by atoms with Gasteiger partial charge in [-0.05, 0) is 18.8 Å². The fraction of sp³-hybridized carbons (Fsp3) is 0.727. The molecule has 1 heterocycles. The van der Waals surface area contributed by atoms with E-state index in [0.29, 0.717) is 11.7 Å². The SMILES string of the molecule is COC(c1nc(N)nc(C(C)C)n1)C1CC1. The molecule has 0 spiro atoms. The van der Waals surface area contributed by atoms with E-state index >= 15 is 0 Å². The number of hydrogen-bond donors (Lipinski definition) is 1. The maximum Gasteiger partial charge on any atom is 0.223 e. The summed E-state index contributed by atoms with van der Waals surface area (Å²) in [5, 5.41) is 0. The topological polar surface area (TPSA) is 73.9 Å². The van der Waals surface area contributed by atoms with Gasteiger partial charge in [0.2, 0.25) is 5.95 Å². The van der Waals surface area contributed by atoms with Crippen LogP contribution in [0.2, 0.25) is 0 Å². The predicted octanol–water partition coefficient (Wildman–Crippen LogP) is 1.67. The van der Waals surface area contributed by atoms with Crippen LogP contribution in [0, 0.1) is 5.92 Å². The highest BCUT2D eigenvalue weighted by Crippen LogP contribution is 2.41. The lowest BCUT2D eigenvalue weighted by Crippen LogP contribution is -2.14. The fourth-order valence-electron chi connectivity index (χ4n) is 1.72. The average molecular weight is 222 g/mol. The molecule has 0 aromatic carbocycles. The van der Waals surface area contributed by atoms with Crippen molar-refractivity contribution in [2.45, 2.75) is 38.7 Å². The molecule has 1 aliphatic rings. The van der Waals surface area contributed by atoms with Crippen LogP contribution in [0.25, 0.3) is 0 Å². The number of hydrogen-bond acceptors (Lipinski definition) is 5. The lowest BCUT2D eigenvalue weighted by Gasteiger charge is -2.14. The number of nitrogens with two attached hydrogens (primary N) is 1. The van der Waals surface area contributed by atoms with Crippen LogP contribution in [0.4, 0.5) is 5.95 Å². The largest absolute Gasteiger partial charge is 0.373 e. The van der Waals surface area contributed by atoms with Gasteiger partial charge < -0.3 is 10.5 Å². The Morgan fingerprint density at radius 3 is 2.31 bits per heavy atom. The molecule has 0 radical (unpaired) electrons. The summed E-state index contributed by atoms with van der Waals surface area (Å²) in [5.74, 6) is 2.51. The standard InChI is InChI=1S/C11H18N4O/c1-6(2)9-13-10(15-11(12)14-9)8(16-3)7-4-5-7/h6-8H,4-5H2,1-3H3,(H2,12,13,14,15). The van der Waals surface area contributed by atoms with Crippen LogP contribution in [0.1, 0.15) is 50.4 Å².